The van der Waals surface area contributed by atoms with E-state index in [1.54, 1.807) is 38.1 Å². The van der Waals surface area contributed by atoms with Crippen LogP contribution < -0.4 is 0 Å². The molecule has 0 aliphatic heterocycles. The minimum atomic E-state index is -1.21. The van der Waals surface area contributed by atoms with Crippen molar-refractivity contribution in [1.29, 1.82) is 0 Å². The lowest BCUT2D eigenvalue weighted by Crippen LogP contribution is -2.39. The van der Waals surface area contributed by atoms with Gasteiger partial charge in [0.25, 0.3) is 0 Å². The van der Waals surface area contributed by atoms with Crippen molar-refractivity contribution >= 4 is 17.6 Å². The average molecular weight is 281 g/mol. The Bertz CT molecular complexity index is 613. The Labute approximate surface area is 115 Å². The first kappa shape index (κ1) is 13.5. The number of rotatable bonds is 4. The second-order valence-corrected chi connectivity index (χ2v) is 4.73. The van der Waals surface area contributed by atoms with Gasteiger partial charge in [0.05, 0.1) is 5.02 Å². The van der Waals surface area contributed by atoms with E-state index in [4.69, 9.17) is 11.6 Å². The predicted octanol–water partition coefficient (Wildman–Crippen LogP) is 2.20. The first-order chi connectivity index (χ1) is 9.00. The van der Waals surface area contributed by atoms with Gasteiger partial charge in [0.2, 0.25) is 0 Å². The highest BCUT2D eigenvalue weighted by molar-refractivity contribution is 6.33. The van der Waals surface area contributed by atoms with Gasteiger partial charge in [0.1, 0.15) is 0 Å². The molecule has 0 spiro atoms. The standard InChI is InChI=1S/C12H13ClN4O2/c1-3-12(2,11(18)19)17-10(14-15-16-17)8-6-4-5-7-9(8)13/h4-7H,3H2,1-2H3,(H,18,19). The summed E-state index contributed by atoms with van der Waals surface area (Å²) in [6, 6.07) is 7.04. The summed E-state index contributed by atoms with van der Waals surface area (Å²) in [6.07, 6.45) is 0.352. The predicted molar refractivity (Wildman–Crippen MR) is 69.8 cm³/mol. The van der Waals surface area contributed by atoms with Gasteiger partial charge >= 0.3 is 5.97 Å². The smallest absolute Gasteiger partial charge is 0.331 e. The Balaban J connectivity index is 2.61. The molecular weight excluding hydrogens is 268 g/mol. The highest BCUT2D eigenvalue weighted by Gasteiger charge is 2.37. The minimum Gasteiger partial charge on any atom is -0.479 e. The number of carboxylic acid groups (broad SMARTS) is 1. The zero-order chi connectivity index (χ0) is 14.0. The number of carboxylic acids is 1. The van der Waals surface area contributed by atoms with Crippen molar-refractivity contribution in [3.63, 3.8) is 0 Å². The fraction of sp³-hybridized carbons (Fsp3) is 0.333. The number of benzene rings is 1. The van der Waals surface area contributed by atoms with Gasteiger partial charge in [-0.05, 0) is 35.9 Å². The van der Waals surface area contributed by atoms with Gasteiger partial charge in [-0.3, -0.25) is 0 Å². The molecule has 1 unspecified atom stereocenters. The fourth-order valence-corrected chi connectivity index (χ4v) is 1.94. The van der Waals surface area contributed by atoms with Crippen LogP contribution in [0.3, 0.4) is 0 Å². The number of carbonyl (C=O) groups is 1. The zero-order valence-corrected chi connectivity index (χ0v) is 11.3. The molecule has 0 saturated carbocycles. The number of aliphatic carboxylic acids is 1. The van der Waals surface area contributed by atoms with Crippen LogP contribution in [0.2, 0.25) is 5.02 Å². The second kappa shape index (κ2) is 4.97. The van der Waals surface area contributed by atoms with Crippen LogP contribution in [0.5, 0.6) is 0 Å². The van der Waals surface area contributed by atoms with Gasteiger partial charge in [-0.25, -0.2) is 9.48 Å². The summed E-state index contributed by atoms with van der Waals surface area (Å²) in [7, 11) is 0. The number of tetrazole rings is 1. The van der Waals surface area contributed by atoms with E-state index in [2.05, 4.69) is 15.5 Å². The second-order valence-electron chi connectivity index (χ2n) is 4.33. The molecule has 100 valence electrons. The van der Waals surface area contributed by atoms with E-state index in [-0.39, 0.29) is 0 Å². The first-order valence-corrected chi connectivity index (χ1v) is 6.15. The third-order valence-corrected chi connectivity index (χ3v) is 3.53. The van der Waals surface area contributed by atoms with Gasteiger partial charge < -0.3 is 5.11 Å². The molecule has 0 saturated heterocycles. The zero-order valence-electron chi connectivity index (χ0n) is 10.5. The van der Waals surface area contributed by atoms with Crippen LogP contribution in [-0.2, 0) is 10.3 Å². The first-order valence-electron chi connectivity index (χ1n) is 5.78. The van der Waals surface area contributed by atoms with E-state index >= 15 is 0 Å². The van der Waals surface area contributed by atoms with Crippen molar-refractivity contribution in [1.82, 2.24) is 20.2 Å². The molecule has 1 aromatic heterocycles. The quantitative estimate of drug-likeness (QED) is 0.928. The Hall–Kier alpha value is -1.95. The third kappa shape index (κ3) is 2.19. The van der Waals surface area contributed by atoms with Crippen LogP contribution in [0.15, 0.2) is 24.3 Å². The third-order valence-electron chi connectivity index (χ3n) is 3.20. The van der Waals surface area contributed by atoms with Crippen LogP contribution in [0.25, 0.3) is 11.4 Å². The molecule has 0 fully saturated rings. The molecule has 0 bridgehead atoms. The molecule has 1 N–H and O–H groups in total. The Morgan fingerprint density at radius 2 is 2.16 bits per heavy atom. The molecule has 6 nitrogen and oxygen atoms in total. The maximum Gasteiger partial charge on any atom is 0.331 e. The number of halogens is 1. The summed E-state index contributed by atoms with van der Waals surface area (Å²) in [5, 5.41) is 21.2. The van der Waals surface area contributed by atoms with Crippen molar-refractivity contribution in [3.05, 3.63) is 29.3 Å². The lowest BCUT2D eigenvalue weighted by Gasteiger charge is -2.24. The molecular formula is C12H13ClN4O2. The number of hydrogen-bond acceptors (Lipinski definition) is 4. The summed E-state index contributed by atoms with van der Waals surface area (Å²) >= 11 is 6.10. The lowest BCUT2D eigenvalue weighted by molar-refractivity contribution is -0.147. The van der Waals surface area contributed by atoms with Gasteiger partial charge in [0, 0.05) is 5.56 Å². The van der Waals surface area contributed by atoms with Crippen LogP contribution in [-0.4, -0.2) is 31.3 Å². The summed E-state index contributed by atoms with van der Waals surface area (Å²) < 4.78 is 1.30. The monoisotopic (exact) mass is 280 g/mol. The molecule has 7 heteroatoms. The average Bonchev–Trinajstić information content (AvgIpc) is 2.87. The van der Waals surface area contributed by atoms with Crippen molar-refractivity contribution in [2.24, 2.45) is 0 Å². The topological polar surface area (TPSA) is 80.9 Å². The molecule has 2 rings (SSSR count). The van der Waals surface area contributed by atoms with Gasteiger partial charge in [-0.15, -0.1) is 5.10 Å². The molecule has 1 atom stereocenters. The van der Waals surface area contributed by atoms with Crippen molar-refractivity contribution < 1.29 is 9.90 Å². The van der Waals surface area contributed by atoms with Gasteiger partial charge in [-0.2, -0.15) is 0 Å². The van der Waals surface area contributed by atoms with Crippen molar-refractivity contribution in [2.45, 2.75) is 25.8 Å². The molecule has 1 aromatic carbocycles. The highest BCUT2D eigenvalue weighted by Crippen LogP contribution is 2.30. The Kier molecular flexibility index (Phi) is 3.53. The van der Waals surface area contributed by atoms with Crippen molar-refractivity contribution in [2.75, 3.05) is 0 Å². The normalized spacial score (nSPS) is 14.1. The van der Waals surface area contributed by atoms with E-state index in [1.165, 1.54) is 4.68 Å². The largest absolute Gasteiger partial charge is 0.479 e. The number of hydrogen-bond donors (Lipinski definition) is 1. The van der Waals surface area contributed by atoms with Crippen LogP contribution in [0.1, 0.15) is 20.3 Å². The minimum absolute atomic E-state index is 0.345. The van der Waals surface area contributed by atoms with E-state index in [1.807, 2.05) is 0 Å². The maximum atomic E-state index is 11.5. The number of aromatic nitrogens is 4. The molecule has 0 amide bonds. The summed E-state index contributed by atoms with van der Waals surface area (Å²) in [4.78, 5) is 11.5. The van der Waals surface area contributed by atoms with E-state index in [0.717, 1.165) is 0 Å². The van der Waals surface area contributed by atoms with Gasteiger partial charge in [0.15, 0.2) is 11.4 Å². The fourth-order valence-electron chi connectivity index (χ4n) is 1.72. The summed E-state index contributed by atoms with van der Waals surface area (Å²) in [5.74, 6) is -0.645. The van der Waals surface area contributed by atoms with E-state index in [0.29, 0.717) is 22.8 Å². The molecule has 1 heterocycles. The molecule has 2 aromatic rings. The van der Waals surface area contributed by atoms with Gasteiger partial charge in [-0.1, -0.05) is 30.7 Å². The molecule has 19 heavy (non-hydrogen) atoms. The SMILES string of the molecule is CCC(C)(C(=O)O)n1nnnc1-c1ccccc1Cl. The Morgan fingerprint density at radius 3 is 2.74 bits per heavy atom. The lowest BCUT2D eigenvalue weighted by atomic mass is 9.99. The maximum absolute atomic E-state index is 11.5. The highest BCUT2D eigenvalue weighted by atomic mass is 35.5. The van der Waals surface area contributed by atoms with Crippen LogP contribution in [0, 0.1) is 0 Å². The Morgan fingerprint density at radius 1 is 1.47 bits per heavy atom. The summed E-state index contributed by atoms with van der Waals surface area (Å²) in [6.45, 7) is 3.35. The molecule has 0 aliphatic rings. The number of nitrogens with zero attached hydrogens (tertiary/aromatic N) is 4. The van der Waals surface area contributed by atoms with Crippen molar-refractivity contribution in [3.8, 4) is 11.4 Å². The van der Waals surface area contributed by atoms with E-state index < -0.39 is 11.5 Å². The van der Waals surface area contributed by atoms with Crippen LogP contribution >= 0.6 is 11.6 Å². The summed E-state index contributed by atoms with van der Waals surface area (Å²) in [5.41, 5.74) is -0.604. The van der Waals surface area contributed by atoms with Crippen LogP contribution in [0.4, 0.5) is 0 Å². The molecule has 0 aliphatic carbocycles. The molecule has 0 radical (unpaired) electrons. The van der Waals surface area contributed by atoms with E-state index in [9.17, 15) is 9.90 Å².